The first-order valence-electron chi connectivity index (χ1n) is 8.37. The zero-order valence-corrected chi connectivity index (χ0v) is 18.4. The van der Waals surface area contributed by atoms with Gasteiger partial charge in [-0.05, 0) is 52.9 Å². The third-order valence-corrected chi connectivity index (χ3v) is 6.07. The molecule has 11 heteroatoms. The Morgan fingerprint density at radius 2 is 2.00 bits per heavy atom. The first-order valence-corrected chi connectivity index (χ1v) is 11.3. The van der Waals surface area contributed by atoms with E-state index in [1.807, 2.05) is 22.6 Å². The number of carbonyl (C=O) groups excluding carboxylic acids is 1. The van der Waals surface area contributed by atoms with Crippen molar-refractivity contribution < 1.29 is 27.1 Å². The highest BCUT2D eigenvalue weighted by Gasteiger charge is 2.27. The van der Waals surface area contributed by atoms with Crippen molar-refractivity contribution in [1.29, 1.82) is 0 Å². The number of aromatic nitrogens is 1. The summed E-state index contributed by atoms with van der Waals surface area (Å²) in [5.41, 5.74) is 0.721. The summed E-state index contributed by atoms with van der Waals surface area (Å²) in [6.45, 7) is -0.577. The highest BCUT2D eigenvalue weighted by atomic mass is 127. The molecular formula is C18H17FIN3O5S. The summed E-state index contributed by atoms with van der Waals surface area (Å²) >= 11 is 1.91. The van der Waals surface area contributed by atoms with Gasteiger partial charge in [0.2, 0.25) is 15.7 Å². The number of carbonyl (C=O) groups is 1. The van der Waals surface area contributed by atoms with Crippen molar-refractivity contribution in [1.82, 2.24) is 10.3 Å². The van der Waals surface area contributed by atoms with Crippen molar-refractivity contribution >= 4 is 55.4 Å². The zero-order chi connectivity index (χ0) is 21.3. The minimum atomic E-state index is -3.71. The lowest BCUT2D eigenvalue weighted by Gasteiger charge is -2.21. The van der Waals surface area contributed by atoms with E-state index in [4.69, 9.17) is 4.42 Å². The molecule has 29 heavy (non-hydrogen) atoms. The Kier molecular flexibility index (Phi) is 6.10. The van der Waals surface area contributed by atoms with Crippen LogP contribution < -0.4 is 9.62 Å². The number of aliphatic hydroxyl groups is 1. The molecule has 3 rings (SSSR count). The maximum Gasteiger partial charge on any atom is 0.255 e. The van der Waals surface area contributed by atoms with E-state index < -0.39 is 28.4 Å². The Morgan fingerprint density at radius 1 is 1.34 bits per heavy atom. The van der Waals surface area contributed by atoms with Gasteiger partial charge in [0, 0.05) is 12.6 Å². The minimum Gasteiger partial charge on any atom is -0.437 e. The molecule has 0 bridgehead atoms. The van der Waals surface area contributed by atoms with Crippen LogP contribution in [0.1, 0.15) is 10.4 Å². The van der Waals surface area contributed by atoms with Gasteiger partial charge in [-0.2, -0.15) is 4.98 Å². The third-order valence-electron chi connectivity index (χ3n) is 4.12. The van der Waals surface area contributed by atoms with Crippen molar-refractivity contribution in [2.75, 3.05) is 30.8 Å². The Morgan fingerprint density at radius 3 is 2.55 bits per heavy atom. The molecule has 1 amide bonds. The molecule has 2 N–H and O–H groups in total. The van der Waals surface area contributed by atoms with Crippen LogP contribution in [-0.4, -0.2) is 50.9 Å². The van der Waals surface area contributed by atoms with Gasteiger partial charge in [-0.25, -0.2) is 12.8 Å². The summed E-state index contributed by atoms with van der Waals surface area (Å²) in [5.74, 6) is -0.594. The molecule has 2 aromatic heterocycles. The molecule has 154 valence electrons. The lowest BCUT2D eigenvalue weighted by atomic mass is 10.1. The highest BCUT2D eigenvalue weighted by Crippen LogP contribution is 2.36. The van der Waals surface area contributed by atoms with Crippen molar-refractivity contribution in [3.8, 4) is 11.3 Å². The van der Waals surface area contributed by atoms with Gasteiger partial charge in [0.15, 0.2) is 5.82 Å². The number of benzene rings is 1. The molecule has 0 radical (unpaired) electrons. The molecule has 0 spiro atoms. The second kappa shape index (κ2) is 8.24. The molecule has 8 nitrogen and oxygen atoms in total. The predicted molar refractivity (Wildman–Crippen MR) is 115 cm³/mol. The monoisotopic (exact) mass is 533 g/mol. The Labute approximate surface area is 179 Å². The summed E-state index contributed by atoms with van der Waals surface area (Å²) in [5, 5.41) is 12.2. The second-order valence-electron chi connectivity index (χ2n) is 6.10. The van der Waals surface area contributed by atoms with Gasteiger partial charge >= 0.3 is 0 Å². The first-order chi connectivity index (χ1) is 13.7. The normalized spacial score (nSPS) is 11.6. The number of pyridine rings is 1. The maximum absolute atomic E-state index is 13.3. The molecule has 2 heterocycles. The van der Waals surface area contributed by atoms with Crippen LogP contribution in [0.3, 0.4) is 0 Å². The van der Waals surface area contributed by atoms with E-state index in [0.717, 1.165) is 10.6 Å². The second-order valence-corrected chi connectivity index (χ2v) is 9.17. The molecule has 0 saturated carbocycles. The average molecular weight is 533 g/mol. The Bertz CT molecular complexity index is 1180. The van der Waals surface area contributed by atoms with Crippen LogP contribution >= 0.6 is 22.6 Å². The van der Waals surface area contributed by atoms with Gasteiger partial charge in [-0.15, -0.1) is 0 Å². The minimum absolute atomic E-state index is 0.0462. The van der Waals surface area contributed by atoms with E-state index in [1.165, 1.54) is 31.3 Å². The van der Waals surface area contributed by atoms with Crippen molar-refractivity contribution in [2.24, 2.45) is 0 Å². The van der Waals surface area contributed by atoms with E-state index in [2.05, 4.69) is 10.3 Å². The average Bonchev–Trinajstić information content (AvgIpc) is 3.03. The number of rotatable bonds is 6. The van der Waals surface area contributed by atoms with Crippen LogP contribution in [0.5, 0.6) is 0 Å². The fraction of sp³-hybridized carbons (Fsp3) is 0.222. The number of amides is 1. The van der Waals surface area contributed by atoms with E-state index >= 15 is 0 Å². The molecule has 3 aromatic rings. The van der Waals surface area contributed by atoms with Gasteiger partial charge in [-0.1, -0.05) is 0 Å². The number of hydrogen-bond donors (Lipinski definition) is 2. The molecule has 0 unspecified atom stereocenters. The lowest BCUT2D eigenvalue weighted by Crippen LogP contribution is -2.33. The molecular weight excluding hydrogens is 516 g/mol. The number of halogens is 2. The Balaban J connectivity index is 2.29. The smallest absolute Gasteiger partial charge is 0.255 e. The maximum atomic E-state index is 13.3. The number of aliphatic hydroxyl groups excluding tert-OH is 1. The quantitative estimate of drug-likeness (QED) is 0.471. The number of furan rings is 1. The highest BCUT2D eigenvalue weighted by molar-refractivity contribution is 14.1. The van der Waals surface area contributed by atoms with E-state index in [0.29, 0.717) is 14.5 Å². The topological polar surface area (TPSA) is 113 Å². The fourth-order valence-electron chi connectivity index (χ4n) is 2.84. The van der Waals surface area contributed by atoms with E-state index in [1.54, 1.807) is 6.07 Å². The number of sulfonamides is 1. The summed E-state index contributed by atoms with van der Waals surface area (Å²) in [6.07, 6.45) is 1.01. The summed E-state index contributed by atoms with van der Waals surface area (Å²) in [6, 6.07) is 7.02. The summed E-state index contributed by atoms with van der Waals surface area (Å²) in [4.78, 5) is 16.8. The van der Waals surface area contributed by atoms with Crippen LogP contribution in [0.2, 0.25) is 0 Å². The largest absolute Gasteiger partial charge is 0.437 e. The van der Waals surface area contributed by atoms with Crippen molar-refractivity contribution in [3.63, 3.8) is 0 Å². The molecule has 0 aliphatic heterocycles. The van der Waals surface area contributed by atoms with Crippen LogP contribution in [0, 0.1) is 9.39 Å². The number of hydrogen-bond acceptors (Lipinski definition) is 6. The van der Waals surface area contributed by atoms with Gasteiger partial charge in [0.25, 0.3) is 5.91 Å². The van der Waals surface area contributed by atoms with Gasteiger partial charge in [-0.3, -0.25) is 9.10 Å². The number of nitrogens with zero attached hydrogens (tertiary/aromatic N) is 2. The predicted octanol–water partition coefficient (Wildman–Crippen LogP) is 2.36. The van der Waals surface area contributed by atoms with Crippen LogP contribution in [-0.2, 0) is 10.0 Å². The van der Waals surface area contributed by atoms with Crippen molar-refractivity contribution in [3.05, 3.63) is 45.3 Å². The summed E-state index contributed by atoms with van der Waals surface area (Å²) < 4.78 is 44.8. The van der Waals surface area contributed by atoms with Crippen LogP contribution in [0.15, 0.2) is 34.7 Å². The van der Waals surface area contributed by atoms with Crippen molar-refractivity contribution in [2.45, 2.75) is 0 Å². The lowest BCUT2D eigenvalue weighted by molar-refractivity contribution is 0.0964. The Hall–Kier alpha value is -2.25. The molecule has 0 atom stereocenters. The third kappa shape index (κ3) is 4.21. The molecule has 0 aliphatic rings. The van der Waals surface area contributed by atoms with Gasteiger partial charge < -0.3 is 14.8 Å². The fourth-order valence-corrected chi connectivity index (χ4v) is 4.59. The van der Waals surface area contributed by atoms with Gasteiger partial charge in [0.05, 0.1) is 33.9 Å². The van der Waals surface area contributed by atoms with E-state index in [-0.39, 0.29) is 29.4 Å². The number of anilines is 1. The molecule has 0 saturated heterocycles. The zero-order valence-electron chi connectivity index (χ0n) is 15.4. The standard InChI is InChI=1S/C18H17FIN3O5S/c1-21-17(25)14-12-9-13(20)16(23(7-8-24)29(2,26)27)22-18(12)28-15(14)10-3-5-11(19)6-4-10/h3-6,9,24H,7-8H2,1-2H3,(H,21,25). The first kappa shape index (κ1) is 21.5. The van der Waals surface area contributed by atoms with E-state index in [9.17, 15) is 22.7 Å². The number of fused-ring (bicyclic) bond motifs is 1. The number of nitrogens with one attached hydrogen (secondary N) is 1. The molecule has 0 fully saturated rings. The van der Waals surface area contributed by atoms with Gasteiger partial charge in [0.1, 0.15) is 11.6 Å². The summed E-state index contributed by atoms with van der Waals surface area (Å²) in [7, 11) is -2.24. The van der Waals surface area contributed by atoms with Crippen LogP contribution in [0.25, 0.3) is 22.4 Å². The molecule has 1 aromatic carbocycles. The van der Waals surface area contributed by atoms with Crippen LogP contribution in [0.4, 0.5) is 10.2 Å². The SMILES string of the molecule is CNC(=O)c1c(-c2ccc(F)cc2)oc2nc(N(CCO)S(C)(=O)=O)c(I)cc12. The molecule has 0 aliphatic carbocycles.